The Bertz CT molecular complexity index is 1250. The number of amides is 2. The fourth-order valence-electron chi connectivity index (χ4n) is 3.19. The number of hydrogen-bond acceptors (Lipinski definition) is 4. The minimum absolute atomic E-state index is 0.110. The third-order valence-electron chi connectivity index (χ3n) is 4.80. The predicted molar refractivity (Wildman–Crippen MR) is 146 cm³/mol. The first-order chi connectivity index (χ1) is 15.8. The summed E-state index contributed by atoms with van der Waals surface area (Å²) in [4.78, 5) is 26.8. The zero-order valence-corrected chi connectivity index (χ0v) is 22.7. The first-order valence-corrected chi connectivity index (χ1v) is 13.0. The topological polar surface area (TPSA) is 46.6 Å². The summed E-state index contributed by atoms with van der Waals surface area (Å²) in [6.45, 7) is 0.139. The highest BCUT2D eigenvalue weighted by atomic mass is 127. The summed E-state index contributed by atoms with van der Waals surface area (Å²) in [5, 5.41) is -0.306. The van der Waals surface area contributed by atoms with Gasteiger partial charge in [0.25, 0.3) is 11.1 Å². The van der Waals surface area contributed by atoms with Gasteiger partial charge in [0.2, 0.25) is 0 Å². The number of carbonyl (C=O) groups is 2. The van der Waals surface area contributed by atoms with Crippen molar-refractivity contribution in [2.45, 2.75) is 13.2 Å². The van der Waals surface area contributed by atoms with Crippen LogP contribution in [0.15, 0.2) is 65.6 Å². The molecule has 168 valence electrons. The highest BCUT2D eigenvalue weighted by molar-refractivity contribution is 14.1. The van der Waals surface area contributed by atoms with Crippen LogP contribution in [0.1, 0.15) is 16.7 Å². The number of imide groups is 1. The third kappa shape index (κ3) is 5.72. The molecule has 0 aromatic heterocycles. The second-order valence-corrected chi connectivity index (χ2v) is 10.9. The van der Waals surface area contributed by atoms with Gasteiger partial charge in [-0.15, -0.1) is 0 Å². The molecule has 0 spiro atoms. The molecule has 4 nitrogen and oxygen atoms in total. The zero-order chi connectivity index (χ0) is 23.5. The van der Waals surface area contributed by atoms with E-state index in [1.54, 1.807) is 6.08 Å². The summed E-state index contributed by atoms with van der Waals surface area (Å²) in [5.41, 5.74) is 1.81. The van der Waals surface area contributed by atoms with Crippen LogP contribution >= 0.6 is 68.5 Å². The van der Waals surface area contributed by atoms with E-state index in [-0.39, 0.29) is 22.0 Å². The second-order valence-electron chi connectivity index (χ2n) is 7.05. The summed E-state index contributed by atoms with van der Waals surface area (Å²) in [5.74, 6) is -0.426. The molecule has 1 heterocycles. The van der Waals surface area contributed by atoms with Gasteiger partial charge in [0.05, 0.1) is 15.0 Å². The lowest BCUT2D eigenvalue weighted by molar-refractivity contribution is -0.123. The van der Waals surface area contributed by atoms with Gasteiger partial charge >= 0.3 is 0 Å². The number of carbonyl (C=O) groups excluding carboxylic acids is 2. The molecule has 0 bridgehead atoms. The Morgan fingerprint density at radius 2 is 1.82 bits per heavy atom. The SMILES string of the molecule is O=C1S/C(=C/c2cc(I)cc(I)c2OCc2ccccc2)C(=O)N1Cc1c(F)cccc1Cl. The van der Waals surface area contributed by atoms with E-state index >= 15 is 0 Å². The van der Waals surface area contributed by atoms with Crippen LogP contribution in [-0.2, 0) is 17.9 Å². The van der Waals surface area contributed by atoms with E-state index in [0.29, 0.717) is 17.9 Å². The molecule has 1 aliphatic rings. The van der Waals surface area contributed by atoms with Crippen molar-refractivity contribution in [3.05, 3.63) is 100 Å². The zero-order valence-electron chi connectivity index (χ0n) is 16.9. The maximum Gasteiger partial charge on any atom is 0.293 e. The van der Waals surface area contributed by atoms with Crippen molar-refractivity contribution >= 4 is 85.8 Å². The van der Waals surface area contributed by atoms with Gasteiger partial charge in [0.1, 0.15) is 18.2 Å². The Morgan fingerprint density at radius 1 is 1.06 bits per heavy atom. The molecule has 0 unspecified atom stereocenters. The molecule has 33 heavy (non-hydrogen) atoms. The number of ether oxygens (including phenoxy) is 1. The van der Waals surface area contributed by atoms with Crippen LogP contribution in [-0.4, -0.2) is 16.0 Å². The Labute approximate surface area is 226 Å². The summed E-state index contributed by atoms with van der Waals surface area (Å²) in [6.07, 6.45) is 1.65. The Morgan fingerprint density at radius 3 is 2.55 bits per heavy atom. The number of halogens is 4. The predicted octanol–water partition coefficient (Wildman–Crippen LogP) is 7.50. The van der Waals surface area contributed by atoms with Crippen molar-refractivity contribution in [2.24, 2.45) is 0 Å². The van der Waals surface area contributed by atoms with Gasteiger partial charge in [-0.1, -0.05) is 48.0 Å². The lowest BCUT2D eigenvalue weighted by Crippen LogP contribution is -2.28. The lowest BCUT2D eigenvalue weighted by atomic mass is 10.1. The molecule has 1 saturated heterocycles. The molecule has 0 N–H and O–H groups in total. The number of rotatable bonds is 6. The highest BCUT2D eigenvalue weighted by Crippen LogP contribution is 2.37. The third-order valence-corrected chi connectivity index (χ3v) is 7.49. The molecule has 0 aliphatic carbocycles. The van der Waals surface area contributed by atoms with E-state index in [1.165, 1.54) is 18.2 Å². The Balaban J connectivity index is 1.62. The summed E-state index contributed by atoms with van der Waals surface area (Å²) in [6, 6.07) is 17.9. The van der Waals surface area contributed by atoms with Gasteiger partial charge in [-0.25, -0.2) is 4.39 Å². The van der Waals surface area contributed by atoms with E-state index in [9.17, 15) is 14.0 Å². The minimum atomic E-state index is -0.561. The van der Waals surface area contributed by atoms with Gasteiger partial charge in [-0.3, -0.25) is 14.5 Å². The molecular formula is C24H15ClFI2NO3S. The highest BCUT2D eigenvalue weighted by Gasteiger charge is 2.36. The monoisotopic (exact) mass is 705 g/mol. The van der Waals surface area contributed by atoms with Crippen molar-refractivity contribution in [2.75, 3.05) is 0 Å². The largest absolute Gasteiger partial charge is 0.487 e. The fourth-order valence-corrected chi connectivity index (χ4v) is 6.29. The fraction of sp³-hybridized carbons (Fsp3) is 0.0833. The molecule has 4 rings (SSSR count). The summed E-state index contributed by atoms with van der Waals surface area (Å²) < 4.78 is 22.1. The average Bonchev–Trinajstić information content (AvgIpc) is 3.03. The van der Waals surface area contributed by atoms with Gasteiger partial charge in [0, 0.05) is 19.7 Å². The Hall–Kier alpha value is -1.63. The number of hydrogen-bond donors (Lipinski definition) is 0. The van der Waals surface area contributed by atoms with E-state index in [4.69, 9.17) is 16.3 Å². The Kier molecular flexibility index (Phi) is 7.98. The molecule has 1 fully saturated rings. The van der Waals surface area contributed by atoms with E-state index in [0.717, 1.165) is 29.4 Å². The quantitative estimate of drug-likeness (QED) is 0.197. The second kappa shape index (κ2) is 10.7. The van der Waals surface area contributed by atoms with Crippen molar-refractivity contribution < 1.29 is 18.7 Å². The van der Waals surface area contributed by atoms with Crippen molar-refractivity contribution in [1.29, 1.82) is 0 Å². The van der Waals surface area contributed by atoms with Crippen LogP contribution < -0.4 is 4.74 Å². The minimum Gasteiger partial charge on any atom is -0.487 e. The van der Waals surface area contributed by atoms with Crippen LogP contribution in [0, 0.1) is 13.0 Å². The number of benzene rings is 3. The first-order valence-electron chi connectivity index (χ1n) is 9.67. The summed E-state index contributed by atoms with van der Waals surface area (Å²) in [7, 11) is 0. The number of thioether (sulfide) groups is 1. The summed E-state index contributed by atoms with van der Waals surface area (Å²) >= 11 is 11.3. The first kappa shape index (κ1) is 24.5. The van der Waals surface area contributed by atoms with E-state index in [1.807, 2.05) is 42.5 Å². The molecule has 2 amide bonds. The van der Waals surface area contributed by atoms with Crippen molar-refractivity contribution in [1.82, 2.24) is 4.90 Å². The van der Waals surface area contributed by atoms with Crippen LogP contribution in [0.25, 0.3) is 6.08 Å². The van der Waals surface area contributed by atoms with E-state index in [2.05, 4.69) is 45.2 Å². The van der Waals surface area contributed by atoms with Gasteiger partial charge in [0.15, 0.2) is 0 Å². The smallest absolute Gasteiger partial charge is 0.293 e. The lowest BCUT2D eigenvalue weighted by Gasteiger charge is -2.14. The van der Waals surface area contributed by atoms with Crippen molar-refractivity contribution in [3.8, 4) is 5.75 Å². The van der Waals surface area contributed by atoms with Crippen LogP contribution in [0.4, 0.5) is 9.18 Å². The van der Waals surface area contributed by atoms with Gasteiger partial charge in [-0.05, 0) is 92.8 Å². The molecule has 3 aromatic carbocycles. The van der Waals surface area contributed by atoms with Crippen LogP contribution in [0.2, 0.25) is 5.02 Å². The molecule has 9 heteroatoms. The van der Waals surface area contributed by atoms with E-state index < -0.39 is 17.0 Å². The van der Waals surface area contributed by atoms with Gasteiger partial charge < -0.3 is 4.74 Å². The maximum absolute atomic E-state index is 14.2. The average molecular weight is 706 g/mol. The molecule has 0 saturated carbocycles. The molecule has 0 radical (unpaired) electrons. The van der Waals surface area contributed by atoms with Crippen molar-refractivity contribution in [3.63, 3.8) is 0 Å². The number of nitrogens with zero attached hydrogens (tertiary/aromatic N) is 1. The molecule has 1 aliphatic heterocycles. The standard InChI is InChI=1S/C24H15ClFI2NO3S/c25-18-7-4-8-19(26)17(18)12-29-23(30)21(33-24(29)31)10-15-9-16(27)11-20(28)22(15)32-13-14-5-2-1-3-6-14/h1-11H,12-13H2/b21-10+. The van der Waals surface area contributed by atoms with Crippen LogP contribution in [0.5, 0.6) is 5.75 Å². The maximum atomic E-state index is 14.2. The molecule has 3 aromatic rings. The molecular weight excluding hydrogens is 691 g/mol. The molecule has 0 atom stereocenters. The van der Waals surface area contributed by atoms with Gasteiger partial charge in [-0.2, -0.15) is 0 Å². The normalized spacial score (nSPS) is 14.9. The van der Waals surface area contributed by atoms with Crippen LogP contribution in [0.3, 0.4) is 0 Å².